The van der Waals surface area contributed by atoms with Crippen molar-refractivity contribution in [2.75, 3.05) is 0 Å². The molecule has 250 valence electrons. The van der Waals surface area contributed by atoms with Crippen molar-refractivity contribution < 1.29 is 4.42 Å². The first-order valence-corrected chi connectivity index (χ1v) is 17.9. The van der Waals surface area contributed by atoms with Gasteiger partial charge >= 0.3 is 0 Å². The third kappa shape index (κ3) is 4.45. The molecule has 0 saturated heterocycles. The van der Waals surface area contributed by atoms with Crippen molar-refractivity contribution in [3.05, 3.63) is 163 Å². The lowest BCUT2D eigenvalue weighted by molar-refractivity contribution is 0.660. The van der Waals surface area contributed by atoms with Crippen LogP contribution in [0.5, 0.6) is 0 Å². The Kier molecular flexibility index (Phi) is 6.20. The fraction of sp³-hybridized carbons (Fsp3) is 0.0638. The van der Waals surface area contributed by atoms with Crippen LogP contribution in [0.2, 0.25) is 0 Å². The summed E-state index contributed by atoms with van der Waals surface area (Å²) in [5.74, 6) is 1.85. The smallest absolute Gasteiger partial charge is 0.164 e. The molecule has 0 saturated carbocycles. The Morgan fingerprint density at radius 1 is 0.491 bits per heavy atom. The van der Waals surface area contributed by atoms with Gasteiger partial charge in [-0.25, -0.2) is 19.9 Å². The van der Waals surface area contributed by atoms with Crippen LogP contribution in [0.4, 0.5) is 0 Å². The zero-order valence-electron chi connectivity index (χ0n) is 29.1. The second kappa shape index (κ2) is 11.0. The Balaban J connectivity index is 1.05. The molecular formula is C47H31N5O. The van der Waals surface area contributed by atoms with Crippen LogP contribution in [0, 0.1) is 0 Å². The van der Waals surface area contributed by atoms with Crippen LogP contribution >= 0.6 is 0 Å². The average molecular weight is 682 g/mol. The second-order valence-corrected chi connectivity index (χ2v) is 14.3. The van der Waals surface area contributed by atoms with E-state index in [-0.39, 0.29) is 5.41 Å². The molecule has 0 unspecified atom stereocenters. The monoisotopic (exact) mass is 681 g/mol. The predicted octanol–water partition coefficient (Wildman–Crippen LogP) is 11.6. The maximum absolute atomic E-state index is 6.61. The molecule has 4 heterocycles. The number of furan rings is 1. The molecule has 0 amide bonds. The molecular weight excluding hydrogens is 651 g/mol. The molecule has 1 aliphatic carbocycles. The van der Waals surface area contributed by atoms with Gasteiger partial charge in [-0.15, -0.1) is 0 Å². The lowest BCUT2D eigenvalue weighted by atomic mass is 9.82. The Bertz CT molecular complexity index is 3050. The Morgan fingerprint density at radius 2 is 1.13 bits per heavy atom. The number of aromatic nitrogens is 5. The fourth-order valence-corrected chi connectivity index (χ4v) is 8.31. The molecule has 0 spiro atoms. The number of hydrogen-bond donors (Lipinski definition) is 0. The van der Waals surface area contributed by atoms with Crippen LogP contribution in [0.25, 0.3) is 94.9 Å². The van der Waals surface area contributed by atoms with Gasteiger partial charge < -0.3 is 4.42 Å². The zero-order chi connectivity index (χ0) is 35.3. The van der Waals surface area contributed by atoms with Gasteiger partial charge in [0.15, 0.2) is 17.5 Å². The zero-order valence-corrected chi connectivity index (χ0v) is 29.1. The minimum Gasteiger partial charge on any atom is -0.456 e. The molecule has 10 aromatic rings. The lowest BCUT2D eigenvalue weighted by Gasteiger charge is -2.21. The standard InChI is InChI=1S/C47H31N5O/c1-47(2)38-16-8-6-13-32(38)37-25-29(19-23-39(37)47)44-49-43(28-11-4-3-5-12-28)50-45(51-44)30-18-21-34-35-22-20-31(27-42(35)53-41(34)26-30)52-40-17-9-7-14-33(40)36-15-10-24-48-46(36)52/h3-27H,1-2H3. The van der Waals surface area contributed by atoms with E-state index in [0.29, 0.717) is 17.5 Å². The van der Waals surface area contributed by atoms with Crippen molar-refractivity contribution in [3.8, 4) is 51.0 Å². The summed E-state index contributed by atoms with van der Waals surface area (Å²) in [6, 6.07) is 50.6. The molecule has 6 nitrogen and oxygen atoms in total. The Hall–Kier alpha value is -6.92. The SMILES string of the molecule is CC1(C)c2ccccc2-c2cc(-c3nc(-c4ccccc4)nc(-c4ccc5c(c4)oc4cc(-n6c7ccccc7c7cccnc76)ccc45)n3)ccc21. The van der Waals surface area contributed by atoms with Gasteiger partial charge in [0.2, 0.25) is 0 Å². The lowest BCUT2D eigenvalue weighted by Crippen LogP contribution is -2.14. The van der Waals surface area contributed by atoms with Crippen molar-refractivity contribution in [3.63, 3.8) is 0 Å². The molecule has 0 bridgehead atoms. The highest BCUT2D eigenvalue weighted by atomic mass is 16.3. The average Bonchev–Trinajstić information content (AvgIpc) is 3.82. The third-order valence-electron chi connectivity index (χ3n) is 10.9. The summed E-state index contributed by atoms with van der Waals surface area (Å²) in [6.45, 7) is 4.59. The van der Waals surface area contributed by atoms with E-state index in [0.717, 1.165) is 60.9 Å². The van der Waals surface area contributed by atoms with Gasteiger partial charge in [0.05, 0.1) is 11.2 Å². The molecule has 0 aliphatic heterocycles. The Morgan fingerprint density at radius 3 is 1.98 bits per heavy atom. The van der Waals surface area contributed by atoms with E-state index in [1.54, 1.807) is 0 Å². The third-order valence-corrected chi connectivity index (χ3v) is 10.9. The van der Waals surface area contributed by atoms with Crippen LogP contribution in [0.1, 0.15) is 25.0 Å². The van der Waals surface area contributed by atoms with E-state index >= 15 is 0 Å². The summed E-state index contributed by atoms with van der Waals surface area (Å²) < 4.78 is 8.81. The quantitative estimate of drug-likeness (QED) is 0.185. The topological polar surface area (TPSA) is 69.6 Å². The molecule has 4 aromatic heterocycles. The summed E-state index contributed by atoms with van der Waals surface area (Å²) in [7, 11) is 0. The summed E-state index contributed by atoms with van der Waals surface area (Å²) >= 11 is 0. The van der Waals surface area contributed by atoms with Crippen molar-refractivity contribution in [2.24, 2.45) is 0 Å². The van der Waals surface area contributed by atoms with Gasteiger partial charge in [-0.05, 0) is 70.8 Å². The summed E-state index contributed by atoms with van der Waals surface area (Å²) in [5, 5.41) is 4.38. The first kappa shape index (κ1) is 29.8. The van der Waals surface area contributed by atoms with Crippen molar-refractivity contribution in [1.29, 1.82) is 0 Å². The molecule has 1 aliphatic rings. The van der Waals surface area contributed by atoms with Crippen LogP contribution in [-0.4, -0.2) is 24.5 Å². The number of nitrogens with zero attached hydrogens (tertiary/aromatic N) is 5. The fourth-order valence-electron chi connectivity index (χ4n) is 8.31. The van der Waals surface area contributed by atoms with E-state index < -0.39 is 0 Å². The predicted molar refractivity (Wildman–Crippen MR) is 213 cm³/mol. The van der Waals surface area contributed by atoms with Gasteiger partial charge in [-0.2, -0.15) is 0 Å². The Labute approximate surface area is 305 Å². The molecule has 6 aromatic carbocycles. The van der Waals surface area contributed by atoms with Crippen molar-refractivity contribution in [2.45, 2.75) is 19.3 Å². The molecule has 0 fully saturated rings. The van der Waals surface area contributed by atoms with Gasteiger partial charge in [-0.1, -0.05) is 105 Å². The highest BCUT2D eigenvalue weighted by Crippen LogP contribution is 2.49. The molecule has 6 heteroatoms. The molecule has 0 atom stereocenters. The van der Waals surface area contributed by atoms with E-state index in [4.69, 9.17) is 24.4 Å². The van der Waals surface area contributed by atoms with E-state index in [2.05, 4.69) is 122 Å². The summed E-state index contributed by atoms with van der Waals surface area (Å²) in [6.07, 6.45) is 1.85. The van der Waals surface area contributed by atoms with Crippen LogP contribution in [-0.2, 0) is 5.41 Å². The summed E-state index contributed by atoms with van der Waals surface area (Å²) in [4.78, 5) is 19.9. The van der Waals surface area contributed by atoms with Crippen LogP contribution in [0.3, 0.4) is 0 Å². The van der Waals surface area contributed by atoms with Gasteiger partial charge in [0.25, 0.3) is 0 Å². The van der Waals surface area contributed by atoms with E-state index in [1.165, 1.54) is 27.6 Å². The summed E-state index contributed by atoms with van der Waals surface area (Å²) in [5.41, 5.74) is 12.4. The van der Waals surface area contributed by atoms with Gasteiger partial charge in [0, 0.05) is 55.9 Å². The number of benzene rings is 6. The first-order chi connectivity index (χ1) is 26.0. The molecule has 53 heavy (non-hydrogen) atoms. The normalized spacial score (nSPS) is 13.2. The number of hydrogen-bond acceptors (Lipinski definition) is 5. The maximum Gasteiger partial charge on any atom is 0.164 e. The maximum atomic E-state index is 6.61. The van der Waals surface area contributed by atoms with Gasteiger partial charge in [-0.3, -0.25) is 4.57 Å². The molecule has 11 rings (SSSR count). The minimum absolute atomic E-state index is 0.0764. The number of para-hydroxylation sites is 1. The molecule has 0 radical (unpaired) electrons. The van der Waals surface area contributed by atoms with Gasteiger partial charge in [0.1, 0.15) is 16.8 Å². The largest absolute Gasteiger partial charge is 0.456 e. The van der Waals surface area contributed by atoms with Crippen molar-refractivity contribution in [1.82, 2.24) is 24.5 Å². The minimum atomic E-state index is -0.0764. The van der Waals surface area contributed by atoms with Crippen LogP contribution in [0.15, 0.2) is 156 Å². The number of rotatable bonds is 4. The second-order valence-electron chi connectivity index (χ2n) is 14.3. The van der Waals surface area contributed by atoms with E-state index in [9.17, 15) is 0 Å². The molecule has 0 N–H and O–H groups in total. The van der Waals surface area contributed by atoms with Crippen molar-refractivity contribution >= 4 is 43.9 Å². The highest BCUT2D eigenvalue weighted by molar-refractivity contribution is 6.09. The van der Waals surface area contributed by atoms with E-state index in [1.807, 2.05) is 48.7 Å². The first-order valence-electron chi connectivity index (χ1n) is 17.9. The highest BCUT2D eigenvalue weighted by Gasteiger charge is 2.35. The van der Waals surface area contributed by atoms with Crippen LogP contribution < -0.4 is 0 Å². The number of fused-ring (bicyclic) bond motifs is 9. The number of pyridine rings is 1.